The van der Waals surface area contributed by atoms with Crippen LogP contribution in [0.3, 0.4) is 0 Å². The third kappa shape index (κ3) is 5.95. The Morgan fingerprint density at radius 3 is 2.24 bits per heavy atom. The normalized spacial score (nSPS) is 16.1. The van der Waals surface area contributed by atoms with E-state index >= 15 is 0 Å². The summed E-state index contributed by atoms with van der Waals surface area (Å²) in [5, 5.41) is 14.7. The lowest BCUT2D eigenvalue weighted by Crippen LogP contribution is -2.41. The molecular formula is C27H32N2O5. The van der Waals surface area contributed by atoms with Crippen LogP contribution in [0.1, 0.15) is 56.1 Å². The predicted octanol–water partition coefficient (Wildman–Crippen LogP) is 4.31. The van der Waals surface area contributed by atoms with Crippen LogP contribution in [0.4, 0.5) is 4.79 Å². The van der Waals surface area contributed by atoms with Crippen LogP contribution in [0.2, 0.25) is 0 Å². The zero-order valence-corrected chi connectivity index (χ0v) is 19.5. The second kappa shape index (κ2) is 10.7. The number of ether oxygens (including phenoxy) is 1. The number of benzene rings is 2. The number of carboxylic acid groups (broad SMARTS) is 1. The van der Waals surface area contributed by atoms with Crippen LogP contribution in [0.25, 0.3) is 11.1 Å². The minimum absolute atomic E-state index is 0.00394. The number of carboxylic acids is 1. The molecule has 0 saturated heterocycles. The van der Waals surface area contributed by atoms with E-state index in [0.29, 0.717) is 25.3 Å². The van der Waals surface area contributed by atoms with E-state index in [1.54, 1.807) is 0 Å². The molecule has 1 saturated carbocycles. The molecule has 0 aliphatic heterocycles. The van der Waals surface area contributed by atoms with Crippen molar-refractivity contribution in [3.63, 3.8) is 0 Å². The Kier molecular flexibility index (Phi) is 7.50. The van der Waals surface area contributed by atoms with Crippen LogP contribution in [-0.2, 0) is 14.3 Å². The first-order chi connectivity index (χ1) is 16.4. The number of aliphatic carboxylic acids is 1. The zero-order valence-electron chi connectivity index (χ0n) is 19.5. The average Bonchev–Trinajstić information content (AvgIpc) is 3.57. The minimum atomic E-state index is -0.982. The quantitative estimate of drug-likeness (QED) is 0.460. The molecule has 0 spiro atoms. The van der Waals surface area contributed by atoms with Crippen LogP contribution in [0.5, 0.6) is 0 Å². The highest BCUT2D eigenvalue weighted by Crippen LogP contribution is 2.44. The number of fused-ring (bicyclic) bond motifs is 3. The number of carbonyl (C=O) groups is 3. The number of rotatable bonds is 11. The van der Waals surface area contributed by atoms with Gasteiger partial charge in [0.2, 0.25) is 5.91 Å². The van der Waals surface area contributed by atoms with Crippen LogP contribution in [-0.4, -0.2) is 42.3 Å². The van der Waals surface area contributed by atoms with E-state index in [-0.39, 0.29) is 30.8 Å². The van der Waals surface area contributed by atoms with Crippen molar-refractivity contribution in [3.05, 3.63) is 59.7 Å². The molecular weight excluding hydrogens is 432 g/mol. The second-order valence-corrected chi connectivity index (χ2v) is 9.49. The number of alkyl carbamates (subject to hydrolysis) is 1. The van der Waals surface area contributed by atoms with Crippen molar-refractivity contribution in [1.82, 2.24) is 10.6 Å². The fraction of sp³-hybridized carbons (Fsp3) is 0.444. The van der Waals surface area contributed by atoms with Gasteiger partial charge in [-0.05, 0) is 46.9 Å². The monoisotopic (exact) mass is 464 g/mol. The van der Waals surface area contributed by atoms with E-state index in [9.17, 15) is 19.5 Å². The molecule has 2 aromatic rings. The van der Waals surface area contributed by atoms with Crippen molar-refractivity contribution in [2.75, 3.05) is 13.2 Å². The Labute approximate surface area is 199 Å². The molecule has 180 valence electrons. The zero-order chi connectivity index (χ0) is 24.1. The maximum Gasteiger partial charge on any atom is 0.407 e. The molecule has 1 fully saturated rings. The molecule has 0 aromatic heterocycles. The van der Waals surface area contributed by atoms with Crippen molar-refractivity contribution >= 4 is 18.0 Å². The van der Waals surface area contributed by atoms with Crippen LogP contribution < -0.4 is 10.6 Å². The largest absolute Gasteiger partial charge is 0.480 e. The Balaban J connectivity index is 1.18. The second-order valence-electron chi connectivity index (χ2n) is 9.49. The average molecular weight is 465 g/mol. The lowest BCUT2D eigenvalue weighted by atomic mass is 9.98. The summed E-state index contributed by atoms with van der Waals surface area (Å²) in [6.07, 6.45) is 2.92. The summed E-state index contributed by atoms with van der Waals surface area (Å²) in [7, 11) is 0. The van der Waals surface area contributed by atoms with E-state index in [1.807, 2.05) is 31.2 Å². The van der Waals surface area contributed by atoms with Gasteiger partial charge in [-0.25, -0.2) is 9.59 Å². The summed E-state index contributed by atoms with van der Waals surface area (Å²) in [6, 6.07) is 15.6. The maximum absolute atomic E-state index is 12.3. The van der Waals surface area contributed by atoms with Crippen molar-refractivity contribution in [3.8, 4) is 11.1 Å². The Hall–Kier alpha value is -3.35. The van der Waals surface area contributed by atoms with E-state index in [2.05, 4.69) is 34.9 Å². The molecule has 7 nitrogen and oxygen atoms in total. The van der Waals surface area contributed by atoms with Crippen molar-refractivity contribution in [1.29, 1.82) is 0 Å². The molecule has 3 N–H and O–H groups in total. The standard InChI is InChI=1S/C27H32N2O5/c1-17(14-25(30)29-24(26(31)32)15-18-10-11-18)12-13-28-27(33)34-16-23-21-8-4-2-6-19(21)20-7-3-5-9-22(20)23/h2-9,17-18,23-24H,10-16H2,1H3,(H,28,33)(H,29,30)(H,31,32)/t17?,24-/m0/s1. The van der Waals surface area contributed by atoms with Gasteiger partial charge in [-0.2, -0.15) is 0 Å². The third-order valence-electron chi connectivity index (χ3n) is 6.68. The van der Waals surface area contributed by atoms with E-state index in [0.717, 1.165) is 24.0 Å². The molecule has 2 aromatic carbocycles. The highest BCUT2D eigenvalue weighted by Gasteiger charge is 2.31. The summed E-state index contributed by atoms with van der Waals surface area (Å²) in [4.78, 5) is 35.9. The first kappa shape index (κ1) is 23.8. The van der Waals surface area contributed by atoms with Crippen LogP contribution in [0.15, 0.2) is 48.5 Å². The first-order valence-electron chi connectivity index (χ1n) is 12.0. The van der Waals surface area contributed by atoms with Crippen molar-refractivity contribution < 1.29 is 24.2 Å². The minimum Gasteiger partial charge on any atom is -0.480 e. The third-order valence-corrected chi connectivity index (χ3v) is 6.68. The summed E-state index contributed by atoms with van der Waals surface area (Å²) in [5.74, 6) is -0.811. The van der Waals surface area contributed by atoms with Gasteiger partial charge >= 0.3 is 12.1 Å². The maximum atomic E-state index is 12.3. The van der Waals surface area contributed by atoms with Crippen molar-refractivity contribution in [2.45, 2.75) is 51.0 Å². The highest BCUT2D eigenvalue weighted by molar-refractivity contribution is 5.83. The van der Waals surface area contributed by atoms with Crippen molar-refractivity contribution in [2.24, 2.45) is 11.8 Å². The van der Waals surface area contributed by atoms with Gasteiger partial charge < -0.3 is 20.5 Å². The SMILES string of the molecule is CC(CCNC(=O)OCC1c2ccccc2-c2ccccc21)CC(=O)N[C@@H](CC1CC1)C(=O)O. The number of carbonyl (C=O) groups excluding carboxylic acids is 2. The van der Waals surface area contributed by atoms with Gasteiger partial charge in [-0.3, -0.25) is 4.79 Å². The van der Waals surface area contributed by atoms with Gasteiger partial charge in [-0.15, -0.1) is 0 Å². The van der Waals surface area contributed by atoms with E-state index in [4.69, 9.17) is 4.74 Å². The molecule has 4 rings (SSSR count). The smallest absolute Gasteiger partial charge is 0.407 e. The molecule has 2 amide bonds. The molecule has 2 aliphatic rings. The number of amides is 2. The lowest BCUT2D eigenvalue weighted by Gasteiger charge is -2.17. The molecule has 0 heterocycles. The lowest BCUT2D eigenvalue weighted by molar-refractivity contribution is -0.142. The molecule has 2 atom stereocenters. The first-order valence-corrected chi connectivity index (χ1v) is 12.0. The number of nitrogens with one attached hydrogen (secondary N) is 2. The van der Waals surface area contributed by atoms with Gasteiger partial charge in [0.05, 0.1) is 0 Å². The Morgan fingerprint density at radius 2 is 1.65 bits per heavy atom. The van der Waals surface area contributed by atoms with Gasteiger partial charge in [0, 0.05) is 18.9 Å². The fourth-order valence-corrected chi connectivity index (χ4v) is 4.65. The fourth-order valence-electron chi connectivity index (χ4n) is 4.65. The van der Waals surface area contributed by atoms with Crippen LogP contribution >= 0.6 is 0 Å². The molecule has 1 unspecified atom stereocenters. The molecule has 0 radical (unpaired) electrons. The molecule has 2 aliphatic carbocycles. The summed E-state index contributed by atoms with van der Waals surface area (Å²) < 4.78 is 5.53. The van der Waals surface area contributed by atoms with Gasteiger partial charge in [0.1, 0.15) is 12.6 Å². The van der Waals surface area contributed by atoms with Gasteiger partial charge in [0.15, 0.2) is 0 Å². The summed E-state index contributed by atoms with van der Waals surface area (Å²) in [5.41, 5.74) is 4.69. The molecule has 0 bridgehead atoms. The topological polar surface area (TPSA) is 105 Å². The Morgan fingerprint density at radius 1 is 1.03 bits per heavy atom. The number of hydrogen-bond acceptors (Lipinski definition) is 4. The van der Waals surface area contributed by atoms with E-state index in [1.165, 1.54) is 11.1 Å². The molecule has 7 heteroatoms. The van der Waals surface area contributed by atoms with E-state index < -0.39 is 18.1 Å². The predicted molar refractivity (Wildman–Crippen MR) is 128 cm³/mol. The van der Waals surface area contributed by atoms with Gasteiger partial charge in [-0.1, -0.05) is 68.3 Å². The summed E-state index contributed by atoms with van der Waals surface area (Å²) in [6.45, 7) is 2.56. The number of hydrogen-bond donors (Lipinski definition) is 3. The van der Waals surface area contributed by atoms with Crippen LogP contribution in [0, 0.1) is 11.8 Å². The summed E-state index contributed by atoms with van der Waals surface area (Å²) >= 11 is 0. The Bertz CT molecular complexity index is 1000. The highest BCUT2D eigenvalue weighted by atomic mass is 16.5. The van der Waals surface area contributed by atoms with Gasteiger partial charge in [0.25, 0.3) is 0 Å². The molecule has 34 heavy (non-hydrogen) atoms.